The first-order valence-electron chi connectivity index (χ1n) is 12.5. The molecule has 37 heavy (non-hydrogen) atoms. The van der Waals surface area contributed by atoms with Crippen LogP contribution in [0.25, 0.3) is 27.5 Å². The molecule has 5 heterocycles. The minimum atomic E-state index is -0.911. The number of aromatic nitrogens is 5. The number of hydrogen-bond acceptors (Lipinski definition) is 7. The quantitative estimate of drug-likeness (QED) is 0.326. The predicted octanol–water partition coefficient (Wildman–Crippen LogP) is 4.36. The highest BCUT2D eigenvalue weighted by molar-refractivity contribution is 6.17. The maximum atomic E-state index is 15.5. The second-order valence-electron chi connectivity index (χ2n) is 9.89. The molecule has 1 aliphatic carbocycles. The van der Waals surface area contributed by atoms with Gasteiger partial charge in [-0.2, -0.15) is 10.1 Å². The van der Waals surface area contributed by atoms with Crippen LogP contribution in [-0.4, -0.2) is 50.2 Å². The second-order valence-corrected chi connectivity index (χ2v) is 9.89. The van der Waals surface area contributed by atoms with Crippen LogP contribution in [0.5, 0.6) is 11.6 Å². The van der Waals surface area contributed by atoms with Gasteiger partial charge >= 0.3 is 0 Å². The average Bonchev–Trinajstić information content (AvgIpc) is 3.67. The number of H-pyrrole nitrogens is 1. The standard InChI is InChI=1S/C26H26F2N8O/c1-3-15-23-21(20-22(28)16(27)8-18(30-2)24(20)33-23)25(35-10-12-6-13(35)7-17(12)29)34-26(15)37-14-9-31-19-4-5-32-36(19)11-14/h4-5,8-9,11-13,17,30,33H,3,6-7,10,29H2,1-2H3. The smallest absolute Gasteiger partial charge is 0.226 e. The zero-order valence-corrected chi connectivity index (χ0v) is 20.4. The highest BCUT2D eigenvalue weighted by Gasteiger charge is 2.44. The van der Waals surface area contributed by atoms with E-state index >= 15 is 4.39 Å². The number of aryl methyl sites for hydroxylation is 1. The van der Waals surface area contributed by atoms with Gasteiger partial charge in [0, 0.05) is 43.4 Å². The minimum absolute atomic E-state index is 0.141. The molecule has 2 bridgehead atoms. The lowest BCUT2D eigenvalue weighted by atomic mass is 10.0. The summed E-state index contributed by atoms with van der Waals surface area (Å²) < 4.78 is 38.1. The van der Waals surface area contributed by atoms with Gasteiger partial charge in [0.25, 0.3) is 0 Å². The summed E-state index contributed by atoms with van der Waals surface area (Å²) in [5.74, 6) is -0.0310. The zero-order chi connectivity index (χ0) is 25.4. The lowest BCUT2D eigenvalue weighted by molar-refractivity contribution is 0.447. The molecule has 4 aromatic heterocycles. The second kappa shape index (κ2) is 8.01. The molecule has 7 rings (SSSR count). The Bertz CT molecular complexity index is 1690. The summed E-state index contributed by atoms with van der Waals surface area (Å²) in [5, 5.41) is 7.98. The van der Waals surface area contributed by atoms with Gasteiger partial charge in [-0.25, -0.2) is 18.3 Å². The van der Waals surface area contributed by atoms with E-state index in [4.69, 9.17) is 15.5 Å². The van der Waals surface area contributed by atoms with Crippen LogP contribution in [0, 0.1) is 17.6 Å². The normalized spacial score (nSPS) is 21.1. The Morgan fingerprint density at radius 1 is 1.24 bits per heavy atom. The maximum Gasteiger partial charge on any atom is 0.226 e. The third kappa shape index (κ3) is 3.19. The van der Waals surface area contributed by atoms with Crippen LogP contribution in [-0.2, 0) is 6.42 Å². The molecule has 11 heteroatoms. The van der Waals surface area contributed by atoms with Gasteiger partial charge < -0.3 is 25.7 Å². The molecule has 190 valence electrons. The summed E-state index contributed by atoms with van der Waals surface area (Å²) in [6.45, 7) is 2.69. The summed E-state index contributed by atoms with van der Waals surface area (Å²) >= 11 is 0. The SMILES string of the molecule is CCc1c(Oc2cnc3ccnn3c2)nc(N2CC3CC2CC3N)c2c1[nH]c1c(NC)cc(F)c(F)c12. The van der Waals surface area contributed by atoms with Crippen molar-refractivity contribution < 1.29 is 13.5 Å². The number of pyridine rings is 1. The third-order valence-corrected chi connectivity index (χ3v) is 7.89. The van der Waals surface area contributed by atoms with Crippen molar-refractivity contribution in [3.8, 4) is 11.6 Å². The summed E-state index contributed by atoms with van der Waals surface area (Å²) in [5.41, 5.74) is 9.43. The highest BCUT2D eigenvalue weighted by Crippen LogP contribution is 2.47. The molecule has 0 spiro atoms. The zero-order valence-electron chi connectivity index (χ0n) is 20.4. The number of halogens is 2. The fourth-order valence-electron chi connectivity index (χ4n) is 6.11. The Labute approximate surface area is 210 Å². The summed E-state index contributed by atoms with van der Waals surface area (Å²) in [6.07, 6.45) is 7.37. The molecule has 0 radical (unpaired) electrons. The van der Waals surface area contributed by atoms with Gasteiger partial charge in [-0.05, 0) is 25.2 Å². The van der Waals surface area contributed by atoms with Crippen molar-refractivity contribution >= 4 is 39.0 Å². The predicted molar refractivity (Wildman–Crippen MR) is 137 cm³/mol. The summed E-state index contributed by atoms with van der Waals surface area (Å²) in [4.78, 5) is 14.9. The number of nitrogens with one attached hydrogen (secondary N) is 2. The van der Waals surface area contributed by atoms with Crippen molar-refractivity contribution in [2.75, 3.05) is 23.8 Å². The first-order chi connectivity index (χ1) is 18.0. The molecule has 3 unspecified atom stereocenters. The summed E-state index contributed by atoms with van der Waals surface area (Å²) in [6, 6.07) is 3.30. The van der Waals surface area contributed by atoms with E-state index in [2.05, 4.69) is 25.3 Å². The van der Waals surface area contributed by atoms with E-state index in [1.54, 1.807) is 36.2 Å². The molecule has 2 fully saturated rings. The van der Waals surface area contributed by atoms with Crippen LogP contribution < -0.4 is 20.7 Å². The van der Waals surface area contributed by atoms with E-state index in [0.717, 1.165) is 18.4 Å². The topological polar surface area (TPSA) is 109 Å². The van der Waals surface area contributed by atoms with Gasteiger partial charge in [0.2, 0.25) is 5.88 Å². The molecule has 2 aliphatic rings. The van der Waals surface area contributed by atoms with Gasteiger partial charge in [0.05, 0.1) is 46.1 Å². The molecular weight excluding hydrogens is 478 g/mol. The lowest BCUT2D eigenvalue weighted by Crippen LogP contribution is -2.41. The molecule has 1 saturated heterocycles. The average molecular weight is 505 g/mol. The number of nitrogens with two attached hydrogens (primary N) is 1. The van der Waals surface area contributed by atoms with Gasteiger partial charge in [0.1, 0.15) is 5.82 Å². The van der Waals surface area contributed by atoms with E-state index in [1.807, 2.05) is 6.92 Å². The Balaban J connectivity index is 1.50. The number of ether oxygens (including phenoxy) is 1. The largest absolute Gasteiger partial charge is 0.435 e. The Morgan fingerprint density at radius 3 is 2.84 bits per heavy atom. The Hall–Kier alpha value is -3.99. The molecule has 1 aromatic carbocycles. The van der Waals surface area contributed by atoms with Crippen LogP contribution in [0.3, 0.4) is 0 Å². The number of anilines is 2. The van der Waals surface area contributed by atoms with E-state index in [0.29, 0.717) is 64.1 Å². The van der Waals surface area contributed by atoms with Gasteiger partial charge in [-0.15, -0.1) is 0 Å². The monoisotopic (exact) mass is 504 g/mol. The van der Waals surface area contributed by atoms with Crippen LogP contribution in [0.15, 0.2) is 30.7 Å². The van der Waals surface area contributed by atoms with Crippen molar-refractivity contribution in [3.63, 3.8) is 0 Å². The van der Waals surface area contributed by atoms with Gasteiger partial charge in [-0.1, -0.05) is 6.92 Å². The molecule has 3 atom stereocenters. The van der Waals surface area contributed by atoms with E-state index < -0.39 is 11.6 Å². The van der Waals surface area contributed by atoms with Crippen molar-refractivity contribution in [3.05, 3.63) is 47.9 Å². The first kappa shape index (κ1) is 22.2. The molecular formula is C26H26F2N8O. The van der Waals surface area contributed by atoms with Crippen LogP contribution >= 0.6 is 0 Å². The molecule has 5 aromatic rings. The molecule has 1 saturated carbocycles. The first-order valence-corrected chi connectivity index (χ1v) is 12.5. The number of fused-ring (bicyclic) bond motifs is 6. The van der Waals surface area contributed by atoms with Gasteiger partial charge in [0.15, 0.2) is 23.0 Å². The van der Waals surface area contributed by atoms with E-state index in [-0.39, 0.29) is 17.5 Å². The van der Waals surface area contributed by atoms with Crippen molar-refractivity contribution in [2.45, 2.75) is 38.3 Å². The number of benzene rings is 1. The Kier molecular flexibility index (Phi) is 4.81. The molecule has 1 aliphatic heterocycles. The fraction of sp³-hybridized carbons (Fsp3) is 0.346. The highest BCUT2D eigenvalue weighted by atomic mass is 19.2. The van der Waals surface area contributed by atoms with E-state index in [9.17, 15) is 4.39 Å². The van der Waals surface area contributed by atoms with Crippen LogP contribution in [0.1, 0.15) is 25.3 Å². The number of piperidine rings is 1. The van der Waals surface area contributed by atoms with Crippen LogP contribution in [0.2, 0.25) is 0 Å². The van der Waals surface area contributed by atoms with Crippen molar-refractivity contribution in [1.82, 2.24) is 24.6 Å². The lowest BCUT2D eigenvalue weighted by Gasteiger charge is -2.32. The minimum Gasteiger partial charge on any atom is -0.435 e. The van der Waals surface area contributed by atoms with Crippen molar-refractivity contribution in [2.24, 2.45) is 11.7 Å². The van der Waals surface area contributed by atoms with Crippen molar-refractivity contribution in [1.29, 1.82) is 0 Å². The number of hydrogen-bond donors (Lipinski definition) is 3. The third-order valence-electron chi connectivity index (χ3n) is 7.89. The van der Waals surface area contributed by atoms with Gasteiger partial charge in [-0.3, -0.25) is 0 Å². The molecule has 9 nitrogen and oxygen atoms in total. The van der Waals surface area contributed by atoms with Crippen LogP contribution in [0.4, 0.5) is 20.3 Å². The number of nitrogens with zero attached hydrogens (tertiary/aromatic N) is 5. The summed E-state index contributed by atoms with van der Waals surface area (Å²) in [7, 11) is 1.69. The molecule has 0 amide bonds. The number of aromatic amines is 1. The van der Waals surface area contributed by atoms with E-state index in [1.165, 1.54) is 6.07 Å². The fourth-order valence-corrected chi connectivity index (χ4v) is 6.11. The maximum absolute atomic E-state index is 15.5. The Morgan fingerprint density at radius 2 is 2.11 bits per heavy atom. The number of rotatable bonds is 5. The molecule has 4 N–H and O–H groups in total.